The summed E-state index contributed by atoms with van der Waals surface area (Å²) in [6, 6.07) is 7.22. The highest BCUT2D eigenvalue weighted by atomic mass is 32.1. The molecule has 0 aliphatic carbocycles. The number of hydrogen-bond acceptors (Lipinski definition) is 5. The predicted molar refractivity (Wildman–Crippen MR) is 74.6 cm³/mol. The Morgan fingerprint density at radius 1 is 1.25 bits per heavy atom. The standard InChI is InChI=1S/C13H12N2O4S/c16-11(7-19-8-12(17)18)15-10-3-1-9(2-4-10)13-14-5-6-20-13/h1-6H,7-8H2,(H,15,16)(H,17,18). The van der Waals surface area contributed by atoms with Gasteiger partial charge in [0.05, 0.1) is 0 Å². The van der Waals surface area contributed by atoms with Gasteiger partial charge in [-0.25, -0.2) is 9.78 Å². The van der Waals surface area contributed by atoms with Crippen molar-refractivity contribution in [3.63, 3.8) is 0 Å². The van der Waals surface area contributed by atoms with Crippen LogP contribution in [0.5, 0.6) is 0 Å². The average molecular weight is 292 g/mol. The molecule has 104 valence electrons. The number of anilines is 1. The van der Waals surface area contributed by atoms with Crippen molar-refractivity contribution < 1.29 is 19.4 Å². The van der Waals surface area contributed by atoms with E-state index >= 15 is 0 Å². The Balaban J connectivity index is 1.87. The highest BCUT2D eigenvalue weighted by molar-refractivity contribution is 7.13. The summed E-state index contributed by atoms with van der Waals surface area (Å²) in [5.74, 6) is -1.50. The minimum atomic E-state index is -1.11. The van der Waals surface area contributed by atoms with E-state index in [1.807, 2.05) is 17.5 Å². The van der Waals surface area contributed by atoms with Crippen molar-refractivity contribution in [2.24, 2.45) is 0 Å². The summed E-state index contributed by atoms with van der Waals surface area (Å²) in [6.45, 7) is -0.781. The Kier molecular flexibility index (Phi) is 4.80. The minimum absolute atomic E-state index is 0.291. The van der Waals surface area contributed by atoms with Gasteiger partial charge >= 0.3 is 5.97 Å². The van der Waals surface area contributed by atoms with Crippen molar-refractivity contribution >= 4 is 28.9 Å². The van der Waals surface area contributed by atoms with Crippen LogP contribution in [0.25, 0.3) is 10.6 Å². The van der Waals surface area contributed by atoms with Gasteiger partial charge in [0.2, 0.25) is 5.91 Å². The topological polar surface area (TPSA) is 88.5 Å². The first-order valence-corrected chi connectivity index (χ1v) is 6.62. The molecule has 0 unspecified atom stereocenters. The van der Waals surface area contributed by atoms with Crippen LogP contribution < -0.4 is 5.32 Å². The lowest BCUT2D eigenvalue weighted by Gasteiger charge is -2.05. The third-order valence-electron chi connectivity index (χ3n) is 2.31. The van der Waals surface area contributed by atoms with Crippen molar-refractivity contribution in [1.29, 1.82) is 0 Å². The molecule has 2 rings (SSSR count). The summed E-state index contributed by atoms with van der Waals surface area (Å²) in [5.41, 5.74) is 1.59. The van der Waals surface area contributed by atoms with Crippen LogP contribution in [0.3, 0.4) is 0 Å². The molecule has 0 fully saturated rings. The number of rotatable bonds is 6. The van der Waals surface area contributed by atoms with Crippen LogP contribution in [0.2, 0.25) is 0 Å². The summed E-state index contributed by atoms with van der Waals surface area (Å²) in [7, 11) is 0. The number of thiazole rings is 1. The molecule has 1 heterocycles. The zero-order valence-corrected chi connectivity index (χ0v) is 11.2. The van der Waals surface area contributed by atoms with Gasteiger partial charge in [0.25, 0.3) is 0 Å². The zero-order valence-electron chi connectivity index (χ0n) is 10.4. The summed E-state index contributed by atoms with van der Waals surface area (Å²) < 4.78 is 4.69. The second kappa shape index (κ2) is 6.78. The number of carbonyl (C=O) groups excluding carboxylic acids is 1. The van der Waals surface area contributed by atoms with Gasteiger partial charge in [0, 0.05) is 22.8 Å². The lowest BCUT2D eigenvalue weighted by atomic mass is 10.2. The normalized spacial score (nSPS) is 10.2. The number of aromatic nitrogens is 1. The molecule has 20 heavy (non-hydrogen) atoms. The maximum Gasteiger partial charge on any atom is 0.329 e. The quantitative estimate of drug-likeness (QED) is 0.848. The number of carbonyl (C=O) groups is 2. The van der Waals surface area contributed by atoms with Crippen molar-refractivity contribution in [1.82, 2.24) is 4.98 Å². The molecule has 0 aliphatic rings. The van der Waals surface area contributed by atoms with Gasteiger partial charge in [-0.2, -0.15) is 0 Å². The van der Waals surface area contributed by atoms with Gasteiger partial charge in [-0.15, -0.1) is 11.3 Å². The zero-order chi connectivity index (χ0) is 14.4. The van der Waals surface area contributed by atoms with Gasteiger partial charge in [-0.1, -0.05) is 0 Å². The molecule has 1 aromatic heterocycles. The van der Waals surface area contributed by atoms with Crippen molar-refractivity contribution in [2.75, 3.05) is 18.5 Å². The van der Waals surface area contributed by atoms with Gasteiger partial charge in [0.1, 0.15) is 18.2 Å². The van der Waals surface area contributed by atoms with E-state index in [2.05, 4.69) is 10.3 Å². The van der Waals surface area contributed by atoms with Gasteiger partial charge in [-0.05, 0) is 24.3 Å². The Morgan fingerprint density at radius 2 is 2.00 bits per heavy atom. The first-order chi connectivity index (χ1) is 9.65. The smallest absolute Gasteiger partial charge is 0.329 e. The fourth-order valence-electron chi connectivity index (χ4n) is 1.49. The summed E-state index contributed by atoms with van der Waals surface area (Å²) in [4.78, 5) is 25.9. The molecule has 0 bridgehead atoms. The third kappa shape index (κ3) is 4.15. The van der Waals surface area contributed by atoms with Crippen LogP contribution >= 0.6 is 11.3 Å². The van der Waals surface area contributed by atoms with E-state index in [9.17, 15) is 9.59 Å². The van der Waals surface area contributed by atoms with Crippen LogP contribution in [-0.2, 0) is 14.3 Å². The predicted octanol–water partition coefficient (Wildman–Crippen LogP) is 1.85. The molecule has 7 heteroatoms. The molecule has 0 saturated carbocycles. The highest BCUT2D eigenvalue weighted by Crippen LogP contribution is 2.23. The average Bonchev–Trinajstić information content (AvgIpc) is 2.93. The van der Waals surface area contributed by atoms with E-state index in [-0.39, 0.29) is 6.61 Å². The van der Waals surface area contributed by atoms with Gasteiger partial charge < -0.3 is 15.2 Å². The lowest BCUT2D eigenvalue weighted by molar-refractivity contribution is -0.143. The summed E-state index contributed by atoms with van der Waals surface area (Å²) in [6.07, 6.45) is 1.73. The SMILES string of the molecule is O=C(O)COCC(=O)Nc1ccc(-c2nccs2)cc1. The van der Waals surface area contributed by atoms with Gasteiger partial charge in [0.15, 0.2) is 0 Å². The monoisotopic (exact) mass is 292 g/mol. The van der Waals surface area contributed by atoms with Crippen LogP contribution in [0.4, 0.5) is 5.69 Å². The fourth-order valence-corrected chi connectivity index (χ4v) is 2.13. The number of amides is 1. The van der Waals surface area contributed by atoms with E-state index in [4.69, 9.17) is 9.84 Å². The Morgan fingerprint density at radius 3 is 2.60 bits per heavy atom. The van der Waals surface area contributed by atoms with E-state index in [0.29, 0.717) is 5.69 Å². The second-order valence-electron chi connectivity index (χ2n) is 3.85. The molecule has 0 saturated heterocycles. The molecule has 2 N–H and O–H groups in total. The van der Waals surface area contributed by atoms with Crippen molar-refractivity contribution in [2.45, 2.75) is 0 Å². The maximum atomic E-state index is 11.5. The van der Waals surface area contributed by atoms with Crippen LogP contribution in [0.1, 0.15) is 0 Å². The van der Waals surface area contributed by atoms with Crippen molar-refractivity contribution in [3.05, 3.63) is 35.8 Å². The summed E-state index contributed by atoms with van der Waals surface area (Å²) in [5, 5.41) is 13.8. The molecule has 0 aliphatic heterocycles. The Bertz CT molecular complexity index is 581. The number of benzene rings is 1. The largest absolute Gasteiger partial charge is 0.480 e. The minimum Gasteiger partial charge on any atom is -0.480 e. The van der Waals surface area contributed by atoms with Crippen molar-refractivity contribution in [3.8, 4) is 10.6 Å². The third-order valence-corrected chi connectivity index (χ3v) is 3.13. The molecule has 2 aromatic rings. The Hall–Kier alpha value is -2.25. The van der Waals surface area contributed by atoms with Crippen LogP contribution in [-0.4, -0.2) is 35.2 Å². The maximum absolute atomic E-state index is 11.5. The van der Waals surface area contributed by atoms with E-state index in [1.165, 1.54) is 11.3 Å². The number of nitrogens with zero attached hydrogens (tertiary/aromatic N) is 1. The first-order valence-electron chi connectivity index (χ1n) is 5.74. The fraction of sp³-hybridized carbons (Fsp3) is 0.154. The molecule has 0 spiro atoms. The number of ether oxygens (including phenoxy) is 1. The number of carboxylic acids is 1. The molecular weight excluding hydrogens is 280 g/mol. The second-order valence-corrected chi connectivity index (χ2v) is 4.74. The van der Waals surface area contributed by atoms with Crippen LogP contribution in [0, 0.1) is 0 Å². The van der Waals surface area contributed by atoms with E-state index in [0.717, 1.165) is 10.6 Å². The lowest BCUT2D eigenvalue weighted by Crippen LogP contribution is -2.20. The van der Waals surface area contributed by atoms with E-state index in [1.54, 1.807) is 18.3 Å². The van der Waals surface area contributed by atoms with E-state index < -0.39 is 18.5 Å². The molecule has 0 atom stereocenters. The molecule has 1 amide bonds. The molecule has 1 aromatic carbocycles. The number of nitrogens with one attached hydrogen (secondary N) is 1. The first kappa shape index (κ1) is 14.2. The molecule has 6 nitrogen and oxygen atoms in total. The van der Waals surface area contributed by atoms with Gasteiger partial charge in [-0.3, -0.25) is 4.79 Å². The number of hydrogen-bond donors (Lipinski definition) is 2. The number of aliphatic carboxylic acids is 1. The Labute approximate surface area is 119 Å². The highest BCUT2D eigenvalue weighted by Gasteiger charge is 2.05. The number of carboxylic acid groups (broad SMARTS) is 1. The molecular formula is C13H12N2O4S. The van der Waals surface area contributed by atoms with Crippen LogP contribution in [0.15, 0.2) is 35.8 Å². The summed E-state index contributed by atoms with van der Waals surface area (Å²) >= 11 is 1.54. The molecule has 0 radical (unpaired) electrons.